The SMILES string of the molecule is COc1ccc(CC2Sc3ccc(C(C)N=O)cc3N(CC(=O)NO)C2=O)cc1. The number of benzene rings is 2. The molecule has 0 aliphatic carbocycles. The van der Waals surface area contributed by atoms with Gasteiger partial charge in [-0.05, 0) is 48.7 Å². The molecule has 2 atom stereocenters. The standard InChI is InChI=1S/C20H21N3O5S/c1-12(21-26)14-5-8-17-16(10-14)23(11-19(24)22-27)20(25)18(29-17)9-13-3-6-15(28-2)7-4-13/h3-8,10,12,18,27H,9,11H2,1-2H3,(H,22,24). The molecule has 3 rings (SSSR count). The fourth-order valence-electron chi connectivity index (χ4n) is 3.11. The van der Waals surface area contributed by atoms with Gasteiger partial charge in [-0.3, -0.25) is 14.8 Å². The Morgan fingerprint density at radius 2 is 2.03 bits per heavy atom. The van der Waals surface area contributed by atoms with E-state index in [2.05, 4.69) is 5.18 Å². The molecule has 2 aromatic rings. The van der Waals surface area contributed by atoms with E-state index in [-0.39, 0.29) is 12.5 Å². The molecule has 0 radical (unpaired) electrons. The highest BCUT2D eigenvalue weighted by Gasteiger charge is 2.35. The molecule has 1 aliphatic rings. The van der Waals surface area contributed by atoms with Crippen molar-refractivity contribution in [2.45, 2.75) is 29.5 Å². The molecule has 2 aromatic carbocycles. The number of nitrogens with one attached hydrogen (secondary N) is 1. The number of carbonyl (C=O) groups is 2. The first-order chi connectivity index (χ1) is 14.0. The minimum atomic E-state index is -0.702. The lowest BCUT2D eigenvalue weighted by atomic mass is 10.1. The Labute approximate surface area is 172 Å². The Morgan fingerprint density at radius 1 is 1.31 bits per heavy atom. The number of hydroxylamine groups is 1. The van der Waals surface area contributed by atoms with Crippen LogP contribution in [0.15, 0.2) is 52.5 Å². The normalized spacial score (nSPS) is 16.7. The molecule has 2 unspecified atom stereocenters. The van der Waals surface area contributed by atoms with Crippen molar-refractivity contribution in [3.8, 4) is 5.75 Å². The van der Waals surface area contributed by atoms with Crippen LogP contribution >= 0.6 is 11.8 Å². The van der Waals surface area contributed by atoms with Crippen LogP contribution in [-0.2, 0) is 16.0 Å². The van der Waals surface area contributed by atoms with E-state index < -0.39 is 17.2 Å². The average molecular weight is 415 g/mol. The van der Waals surface area contributed by atoms with Crippen molar-refractivity contribution >= 4 is 29.3 Å². The molecular weight excluding hydrogens is 394 g/mol. The van der Waals surface area contributed by atoms with Crippen molar-refractivity contribution in [3.05, 3.63) is 58.5 Å². The number of amides is 2. The second-order valence-electron chi connectivity index (χ2n) is 6.63. The zero-order valence-corrected chi connectivity index (χ0v) is 16.8. The molecule has 1 aliphatic heterocycles. The van der Waals surface area contributed by atoms with Crippen LogP contribution in [0.5, 0.6) is 5.75 Å². The van der Waals surface area contributed by atoms with Gasteiger partial charge in [0.05, 0.1) is 18.0 Å². The van der Waals surface area contributed by atoms with Gasteiger partial charge in [0.25, 0.3) is 5.91 Å². The van der Waals surface area contributed by atoms with Crippen LogP contribution in [-0.4, -0.2) is 35.9 Å². The highest BCUT2D eigenvalue weighted by Crippen LogP contribution is 2.41. The first kappa shape index (κ1) is 20.8. The van der Waals surface area contributed by atoms with Crippen molar-refractivity contribution < 1.29 is 19.5 Å². The first-order valence-corrected chi connectivity index (χ1v) is 9.85. The fraction of sp³-hybridized carbons (Fsp3) is 0.300. The van der Waals surface area contributed by atoms with Gasteiger partial charge in [-0.1, -0.05) is 23.4 Å². The minimum Gasteiger partial charge on any atom is -0.497 e. The summed E-state index contributed by atoms with van der Waals surface area (Å²) in [6, 6.07) is 12.2. The van der Waals surface area contributed by atoms with Gasteiger partial charge in [0.2, 0.25) is 5.91 Å². The van der Waals surface area contributed by atoms with Gasteiger partial charge in [-0.25, -0.2) is 5.48 Å². The summed E-state index contributed by atoms with van der Waals surface area (Å²) in [5.41, 5.74) is 3.71. The molecule has 0 bridgehead atoms. The molecule has 0 fully saturated rings. The summed E-state index contributed by atoms with van der Waals surface area (Å²) in [6.45, 7) is 1.33. The van der Waals surface area contributed by atoms with E-state index in [0.29, 0.717) is 17.7 Å². The minimum absolute atomic E-state index is 0.245. The zero-order valence-electron chi connectivity index (χ0n) is 16.0. The molecule has 0 spiro atoms. The number of hydrogen-bond donors (Lipinski definition) is 2. The van der Waals surface area contributed by atoms with Gasteiger partial charge in [0.1, 0.15) is 18.3 Å². The molecule has 0 saturated heterocycles. The maximum absolute atomic E-state index is 13.2. The van der Waals surface area contributed by atoms with E-state index in [1.807, 2.05) is 30.3 Å². The van der Waals surface area contributed by atoms with Crippen molar-refractivity contribution in [3.63, 3.8) is 0 Å². The summed E-state index contributed by atoms with van der Waals surface area (Å²) in [6.07, 6.45) is 0.470. The molecule has 2 amide bonds. The molecular formula is C20H21N3O5S. The largest absolute Gasteiger partial charge is 0.497 e. The van der Waals surface area contributed by atoms with Crippen LogP contribution in [0.25, 0.3) is 0 Å². The Morgan fingerprint density at radius 3 is 2.66 bits per heavy atom. The Bertz CT molecular complexity index is 919. The Kier molecular flexibility index (Phi) is 6.50. The second-order valence-corrected chi connectivity index (χ2v) is 7.87. The van der Waals surface area contributed by atoms with E-state index >= 15 is 0 Å². The molecule has 152 valence electrons. The Balaban J connectivity index is 1.93. The van der Waals surface area contributed by atoms with E-state index in [1.165, 1.54) is 16.7 Å². The number of anilines is 1. The summed E-state index contributed by atoms with van der Waals surface area (Å²) >= 11 is 1.41. The van der Waals surface area contributed by atoms with Gasteiger partial charge in [0, 0.05) is 4.90 Å². The van der Waals surface area contributed by atoms with Crippen molar-refractivity contribution in [2.24, 2.45) is 5.18 Å². The zero-order chi connectivity index (χ0) is 21.0. The predicted octanol–water partition coefficient (Wildman–Crippen LogP) is 3.08. The first-order valence-electron chi connectivity index (χ1n) is 8.97. The number of fused-ring (bicyclic) bond motifs is 1. The number of ether oxygens (including phenoxy) is 1. The van der Waals surface area contributed by atoms with Gasteiger partial charge >= 0.3 is 0 Å². The fourth-order valence-corrected chi connectivity index (χ4v) is 4.36. The lowest BCUT2D eigenvalue weighted by Crippen LogP contribution is -2.46. The highest BCUT2D eigenvalue weighted by molar-refractivity contribution is 8.01. The van der Waals surface area contributed by atoms with Crippen molar-refractivity contribution in [1.82, 2.24) is 5.48 Å². The number of rotatable bonds is 7. The van der Waals surface area contributed by atoms with Crippen LogP contribution in [0.1, 0.15) is 24.1 Å². The topological polar surface area (TPSA) is 108 Å². The summed E-state index contributed by atoms with van der Waals surface area (Å²) < 4.78 is 5.16. The summed E-state index contributed by atoms with van der Waals surface area (Å²) in [4.78, 5) is 38.0. The van der Waals surface area contributed by atoms with E-state index in [0.717, 1.165) is 16.2 Å². The van der Waals surface area contributed by atoms with Crippen LogP contribution in [0.3, 0.4) is 0 Å². The smallest absolute Gasteiger partial charge is 0.263 e. The van der Waals surface area contributed by atoms with Gasteiger partial charge in [-0.2, -0.15) is 4.91 Å². The predicted molar refractivity (Wildman–Crippen MR) is 109 cm³/mol. The third-order valence-corrected chi connectivity index (χ3v) is 5.98. The maximum Gasteiger partial charge on any atom is 0.263 e. The molecule has 8 nitrogen and oxygen atoms in total. The monoisotopic (exact) mass is 415 g/mol. The molecule has 0 aromatic heterocycles. The molecule has 29 heavy (non-hydrogen) atoms. The van der Waals surface area contributed by atoms with E-state index in [1.54, 1.807) is 31.6 Å². The maximum atomic E-state index is 13.2. The molecule has 0 saturated carbocycles. The number of methoxy groups -OCH3 is 1. The number of thioether (sulfide) groups is 1. The van der Waals surface area contributed by atoms with Gasteiger partial charge in [0.15, 0.2) is 0 Å². The number of hydrogen-bond acceptors (Lipinski definition) is 7. The van der Waals surface area contributed by atoms with Gasteiger partial charge in [-0.15, -0.1) is 11.8 Å². The highest BCUT2D eigenvalue weighted by atomic mass is 32.2. The summed E-state index contributed by atoms with van der Waals surface area (Å²) in [5.74, 6) is -0.217. The molecule has 9 heteroatoms. The lowest BCUT2D eigenvalue weighted by molar-refractivity contribution is -0.129. The third-order valence-electron chi connectivity index (χ3n) is 4.73. The van der Waals surface area contributed by atoms with Crippen LogP contribution in [0, 0.1) is 4.91 Å². The average Bonchev–Trinajstić information content (AvgIpc) is 2.76. The quantitative estimate of drug-likeness (QED) is 0.409. The van der Waals surface area contributed by atoms with Crippen LogP contribution < -0.4 is 15.1 Å². The van der Waals surface area contributed by atoms with Crippen LogP contribution in [0.4, 0.5) is 5.69 Å². The molecule has 2 N–H and O–H groups in total. The number of carbonyl (C=O) groups excluding carboxylic acids is 2. The lowest BCUT2D eigenvalue weighted by Gasteiger charge is -2.33. The molecule has 1 heterocycles. The third kappa shape index (κ3) is 4.57. The summed E-state index contributed by atoms with van der Waals surface area (Å²) in [7, 11) is 1.59. The van der Waals surface area contributed by atoms with Crippen molar-refractivity contribution in [1.29, 1.82) is 0 Å². The summed E-state index contributed by atoms with van der Waals surface area (Å²) in [5, 5.41) is 11.5. The van der Waals surface area contributed by atoms with Crippen molar-refractivity contribution in [2.75, 3.05) is 18.6 Å². The number of nitroso groups, excluding NO2 is 1. The number of nitrogens with zero attached hydrogens (tertiary/aromatic N) is 2. The van der Waals surface area contributed by atoms with E-state index in [4.69, 9.17) is 9.94 Å². The second kappa shape index (κ2) is 9.06. The Hall–Kier alpha value is -2.91. The van der Waals surface area contributed by atoms with E-state index in [9.17, 15) is 14.5 Å². The van der Waals surface area contributed by atoms with Gasteiger partial charge < -0.3 is 9.64 Å². The van der Waals surface area contributed by atoms with Crippen LogP contribution in [0.2, 0.25) is 0 Å².